The molecule has 5 heteroatoms. The quantitative estimate of drug-likeness (QED) is 0.920. The van der Waals surface area contributed by atoms with Crippen LogP contribution in [0.5, 0.6) is 0 Å². The molecule has 0 aliphatic heterocycles. The Morgan fingerprint density at radius 1 is 1.32 bits per heavy atom. The summed E-state index contributed by atoms with van der Waals surface area (Å²) in [5.41, 5.74) is 6.89. The van der Waals surface area contributed by atoms with E-state index in [4.69, 9.17) is 10.3 Å². The zero-order valence-corrected chi connectivity index (χ0v) is 11.4. The molecule has 0 aliphatic rings. The molecule has 0 bridgehead atoms. The molecule has 0 saturated carbocycles. The van der Waals surface area contributed by atoms with Gasteiger partial charge >= 0.3 is 0 Å². The van der Waals surface area contributed by atoms with Crippen molar-refractivity contribution in [2.24, 2.45) is 5.73 Å². The SMILES string of the molecule is CCC(N)(CC)c1noc(-c2ccc(F)c(C)c2)n1. The summed E-state index contributed by atoms with van der Waals surface area (Å²) >= 11 is 0. The fourth-order valence-electron chi connectivity index (χ4n) is 1.89. The molecule has 102 valence electrons. The first-order valence-corrected chi connectivity index (χ1v) is 6.39. The van der Waals surface area contributed by atoms with Gasteiger partial charge in [-0.1, -0.05) is 19.0 Å². The lowest BCUT2D eigenvalue weighted by Gasteiger charge is -2.21. The molecule has 1 aromatic heterocycles. The topological polar surface area (TPSA) is 64.9 Å². The minimum atomic E-state index is -0.573. The Hall–Kier alpha value is -1.75. The zero-order chi connectivity index (χ0) is 14.0. The van der Waals surface area contributed by atoms with E-state index in [2.05, 4.69) is 10.1 Å². The van der Waals surface area contributed by atoms with Crippen LogP contribution >= 0.6 is 0 Å². The average Bonchev–Trinajstić information content (AvgIpc) is 2.91. The molecular weight excluding hydrogens is 245 g/mol. The number of benzene rings is 1. The summed E-state index contributed by atoms with van der Waals surface area (Å²) < 4.78 is 18.5. The highest BCUT2D eigenvalue weighted by atomic mass is 19.1. The average molecular weight is 263 g/mol. The second-order valence-corrected chi connectivity index (χ2v) is 4.75. The predicted molar refractivity (Wildman–Crippen MR) is 70.9 cm³/mol. The van der Waals surface area contributed by atoms with Gasteiger partial charge in [-0.25, -0.2) is 4.39 Å². The van der Waals surface area contributed by atoms with E-state index in [1.807, 2.05) is 13.8 Å². The maximum atomic E-state index is 13.2. The number of halogens is 1. The van der Waals surface area contributed by atoms with Crippen LogP contribution in [0.1, 0.15) is 38.1 Å². The minimum Gasteiger partial charge on any atom is -0.334 e. The van der Waals surface area contributed by atoms with Crippen LogP contribution in [0.2, 0.25) is 0 Å². The largest absolute Gasteiger partial charge is 0.334 e. The van der Waals surface area contributed by atoms with Crippen molar-refractivity contribution in [3.05, 3.63) is 35.4 Å². The Kier molecular flexibility index (Phi) is 3.66. The van der Waals surface area contributed by atoms with Crippen LogP contribution in [0.4, 0.5) is 4.39 Å². The van der Waals surface area contributed by atoms with Gasteiger partial charge in [-0.15, -0.1) is 0 Å². The molecular formula is C14H18FN3O. The maximum absolute atomic E-state index is 13.2. The van der Waals surface area contributed by atoms with Crippen molar-refractivity contribution in [2.45, 2.75) is 39.2 Å². The monoisotopic (exact) mass is 263 g/mol. The zero-order valence-electron chi connectivity index (χ0n) is 11.4. The second kappa shape index (κ2) is 5.09. The molecule has 1 heterocycles. The van der Waals surface area contributed by atoms with Crippen molar-refractivity contribution >= 4 is 0 Å². The van der Waals surface area contributed by atoms with Crippen LogP contribution in [0.25, 0.3) is 11.5 Å². The lowest BCUT2D eigenvalue weighted by atomic mass is 9.93. The van der Waals surface area contributed by atoms with Gasteiger partial charge in [-0.05, 0) is 43.5 Å². The van der Waals surface area contributed by atoms with Crippen LogP contribution in [0, 0.1) is 12.7 Å². The molecule has 2 aromatic rings. The van der Waals surface area contributed by atoms with Gasteiger partial charge in [-0.3, -0.25) is 0 Å². The first-order chi connectivity index (χ1) is 9.00. The summed E-state index contributed by atoms with van der Waals surface area (Å²) in [5.74, 6) is 0.614. The van der Waals surface area contributed by atoms with Crippen molar-refractivity contribution < 1.29 is 8.91 Å². The molecule has 1 aromatic carbocycles. The van der Waals surface area contributed by atoms with Gasteiger partial charge in [0.25, 0.3) is 5.89 Å². The smallest absolute Gasteiger partial charge is 0.258 e. The molecule has 2 N–H and O–H groups in total. The lowest BCUT2D eigenvalue weighted by Crippen LogP contribution is -2.36. The maximum Gasteiger partial charge on any atom is 0.258 e. The van der Waals surface area contributed by atoms with Gasteiger partial charge in [0, 0.05) is 5.56 Å². The van der Waals surface area contributed by atoms with Crippen LogP contribution in [0.3, 0.4) is 0 Å². The number of nitrogens with two attached hydrogens (primary N) is 1. The van der Waals surface area contributed by atoms with Crippen molar-refractivity contribution in [1.82, 2.24) is 10.1 Å². The highest BCUT2D eigenvalue weighted by molar-refractivity contribution is 5.54. The molecule has 2 rings (SSSR count). The number of aryl methyl sites for hydroxylation is 1. The molecule has 0 spiro atoms. The molecule has 0 saturated heterocycles. The Morgan fingerprint density at radius 3 is 2.58 bits per heavy atom. The van der Waals surface area contributed by atoms with Gasteiger partial charge in [0.15, 0.2) is 5.82 Å². The molecule has 0 atom stereocenters. The Balaban J connectivity index is 2.38. The summed E-state index contributed by atoms with van der Waals surface area (Å²) in [7, 11) is 0. The van der Waals surface area contributed by atoms with Crippen molar-refractivity contribution in [1.29, 1.82) is 0 Å². The van der Waals surface area contributed by atoms with E-state index in [9.17, 15) is 4.39 Å². The Labute approximate surface area is 111 Å². The lowest BCUT2D eigenvalue weighted by molar-refractivity contribution is 0.350. The predicted octanol–water partition coefficient (Wildman–Crippen LogP) is 3.16. The van der Waals surface area contributed by atoms with E-state index in [1.165, 1.54) is 6.07 Å². The van der Waals surface area contributed by atoms with E-state index in [-0.39, 0.29) is 5.82 Å². The summed E-state index contributed by atoms with van der Waals surface area (Å²) in [6, 6.07) is 4.70. The molecule has 19 heavy (non-hydrogen) atoms. The summed E-state index contributed by atoms with van der Waals surface area (Å²) in [4.78, 5) is 4.34. The summed E-state index contributed by atoms with van der Waals surface area (Å²) in [6.45, 7) is 5.67. The number of hydrogen-bond donors (Lipinski definition) is 1. The first kappa shape index (κ1) is 13.7. The Bertz CT molecular complexity index is 576. The molecule has 0 aliphatic carbocycles. The Morgan fingerprint density at radius 2 is 2.00 bits per heavy atom. The molecule has 0 radical (unpaired) electrons. The van der Waals surface area contributed by atoms with Crippen LogP contribution in [0.15, 0.2) is 22.7 Å². The van der Waals surface area contributed by atoms with Gasteiger partial charge in [0.1, 0.15) is 5.82 Å². The fraction of sp³-hybridized carbons (Fsp3) is 0.429. The third kappa shape index (κ3) is 2.51. The van der Waals surface area contributed by atoms with Gasteiger partial charge in [-0.2, -0.15) is 4.98 Å². The fourth-order valence-corrected chi connectivity index (χ4v) is 1.89. The van der Waals surface area contributed by atoms with E-state index in [0.29, 0.717) is 22.8 Å². The highest BCUT2D eigenvalue weighted by Gasteiger charge is 2.29. The molecule has 0 unspecified atom stereocenters. The second-order valence-electron chi connectivity index (χ2n) is 4.75. The summed E-state index contributed by atoms with van der Waals surface area (Å²) in [6.07, 6.45) is 1.45. The van der Waals surface area contributed by atoms with Crippen molar-refractivity contribution in [3.63, 3.8) is 0 Å². The molecule has 4 nitrogen and oxygen atoms in total. The third-order valence-electron chi connectivity index (χ3n) is 3.54. The number of aromatic nitrogens is 2. The van der Waals surface area contributed by atoms with Gasteiger partial charge in [0.2, 0.25) is 0 Å². The van der Waals surface area contributed by atoms with E-state index >= 15 is 0 Å². The minimum absolute atomic E-state index is 0.251. The van der Waals surface area contributed by atoms with Gasteiger partial charge in [0.05, 0.1) is 5.54 Å². The molecule has 0 amide bonds. The first-order valence-electron chi connectivity index (χ1n) is 6.39. The van der Waals surface area contributed by atoms with Crippen LogP contribution < -0.4 is 5.73 Å². The number of nitrogens with zero attached hydrogens (tertiary/aromatic N) is 2. The number of hydrogen-bond acceptors (Lipinski definition) is 4. The van der Waals surface area contributed by atoms with E-state index in [0.717, 1.165) is 12.8 Å². The highest BCUT2D eigenvalue weighted by Crippen LogP contribution is 2.26. The van der Waals surface area contributed by atoms with E-state index < -0.39 is 5.54 Å². The standard InChI is InChI=1S/C14H18FN3O/c1-4-14(16,5-2)13-17-12(19-18-13)10-6-7-11(15)9(3)8-10/h6-8H,4-5,16H2,1-3H3. The van der Waals surface area contributed by atoms with Crippen molar-refractivity contribution in [2.75, 3.05) is 0 Å². The van der Waals surface area contributed by atoms with Gasteiger partial charge < -0.3 is 10.3 Å². The molecule has 0 fully saturated rings. The normalized spacial score (nSPS) is 11.8. The number of rotatable bonds is 4. The summed E-state index contributed by atoms with van der Waals surface area (Å²) in [5, 5.41) is 3.95. The van der Waals surface area contributed by atoms with E-state index in [1.54, 1.807) is 19.1 Å². The van der Waals surface area contributed by atoms with Crippen molar-refractivity contribution in [3.8, 4) is 11.5 Å². The van der Waals surface area contributed by atoms with Crippen LogP contribution in [-0.2, 0) is 5.54 Å². The van der Waals surface area contributed by atoms with Crippen LogP contribution in [-0.4, -0.2) is 10.1 Å². The third-order valence-corrected chi connectivity index (χ3v) is 3.54.